The van der Waals surface area contributed by atoms with Gasteiger partial charge < -0.3 is 19.5 Å². The lowest BCUT2D eigenvalue weighted by molar-refractivity contribution is -0.119. The lowest BCUT2D eigenvalue weighted by Crippen LogP contribution is -2.41. The number of hydrogen-bond donors (Lipinski definition) is 1. The Morgan fingerprint density at radius 1 is 1.00 bits per heavy atom. The van der Waals surface area contributed by atoms with E-state index >= 15 is 0 Å². The molecule has 0 heterocycles. The van der Waals surface area contributed by atoms with Crippen LogP contribution in [0.25, 0.3) is 0 Å². The van der Waals surface area contributed by atoms with Gasteiger partial charge in [-0.2, -0.15) is 0 Å². The quantitative estimate of drug-likeness (QED) is 0.590. The highest BCUT2D eigenvalue weighted by Gasteiger charge is 2.24. The van der Waals surface area contributed by atoms with Crippen LogP contribution in [0.5, 0.6) is 17.2 Å². The Hall–Kier alpha value is -2.65. The number of ether oxygens (including phenoxy) is 3. The normalized spacial score (nSPS) is 11.0. The minimum Gasteiger partial charge on any atom is -0.495 e. The number of nitrogens with zero attached hydrogens (tertiary/aromatic N) is 1. The summed E-state index contributed by atoms with van der Waals surface area (Å²) in [5, 5.41) is 3.06. The van der Waals surface area contributed by atoms with E-state index in [0.717, 1.165) is 16.1 Å². The third-order valence-electron chi connectivity index (χ3n) is 4.28. The number of carbonyl (C=O) groups is 1. The molecule has 2 aromatic carbocycles. The molecule has 0 saturated carbocycles. The second-order valence-corrected chi connectivity index (χ2v) is 8.72. The monoisotopic (exact) mass is 456 g/mol. The molecule has 30 heavy (non-hydrogen) atoms. The first kappa shape index (κ1) is 23.6. The number of hydrogen-bond acceptors (Lipinski definition) is 6. The summed E-state index contributed by atoms with van der Waals surface area (Å²) in [6.45, 7) is -0.0833. The maximum atomic E-state index is 12.4. The molecule has 0 aliphatic rings. The van der Waals surface area contributed by atoms with E-state index in [9.17, 15) is 13.2 Å². The molecule has 164 valence electrons. The largest absolute Gasteiger partial charge is 0.495 e. The van der Waals surface area contributed by atoms with Crippen LogP contribution in [0.15, 0.2) is 36.4 Å². The van der Waals surface area contributed by atoms with Crippen molar-refractivity contribution in [3.8, 4) is 17.2 Å². The van der Waals surface area contributed by atoms with Gasteiger partial charge in [0.25, 0.3) is 0 Å². The molecule has 0 unspecified atom stereocenters. The van der Waals surface area contributed by atoms with E-state index in [1.165, 1.54) is 13.2 Å². The molecule has 0 fully saturated rings. The fourth-order valence-electron chi connectivity index (χ4n) is 2.81. The highest BCUT2D eigenvalue weighted by Crippen LogP contribution is 2.32. The maximum absolute atomic E-state index is 12.4. The van der Waals surface area contributed by atoms with E-state index in [4.69, 9.17) is 25.8 Å². The van der Waals surface area contributed by atoms with E-state index in [1.807, 2.05) is 12.1 Å². The van der Waals surface area contributed by atoms with Crippen LogP contribution in [-0.2, 0) is 21.2 Å². The number of carbonyl (C=O) groups excluding carboxylic acids is 1. The highest BCUT2D eigenvalue weighted by molar-refractivity contribution is 7.92. The summed E-state index contributed by atoms with van der Waals surface area (Å²) in [6.07, 6.45) is 1.55. The van der Waals surface area contributed by atoms with Crippen molar-refractivity contribution in [2.45, 2.75) is 6.42 Å². The summed E-state index contributed by atoms with van der Waals surface area (Å²) in [5.41, 5.74) is 1.13. The van der Waals surface area contributed by atoms with Crippen LogP contribution < -0.4 is 23.8 Å². The highest BCUT2D eigenvalue weighted by atomic mass is 35.5. The van der Waals surface area contributed by atoms with E-state index in [-0.39, 0.29) is 5.69 Å². The van der Waals surface area contributed by atoms with E-state index in [0.29, 0.717) is 35.2 Å². The predicted octanol–water partition coefficient (Wildman–Crippen LogP) is 2.49. The number of benzene rings is 2. The Morgan fingerprint density at radius 3 is 2.23 bits per heavy atom. The fraction of sp³-hybridized carbons (Fsp3) is 0.350. The zero-order chi connectivity index (χ0) is 22.3. The van der Waals surface area contributed by atoms with Gasteiger partial charge in [-0.1, -0.05) is 17.7 Å². The molecule has 0 bridgehead atoms. The fourth-order valence-corrected chi connectivity index (χ4v) is 3.83. The van der Waals surface area contributed by atoms with Gasteiger partial charge in [0, 0.05) is 11.6 Å². The summed E-state index contributed by atoms with van der Waals surface area (Å²) in [5.74, 6) is 1.05. The first-order chi connectivity index (χ1) is 14.2. The van der Waals surface area contributed by atoms with Gasteiger partial charge in [-0.05, 0) is 42.3 Å². The van der Waals surface area contributed by atoms with Crippen molar-refractivity contribution in [3.05, 3.63) is 47.0 Å². The van der Waals surface area contributed by atoms with Crippen LogP contribution in [0.1, 0.15) is 5.56 Å². The van der Waals surface area contributed by atoms with Crippen LogP contribution in [-0.4, -0.2) is 55.0 Å². The number of amides is 1. The summed E-state index contributed by atoms with van der Waals surface area (Å²) in [4.78, 5) is 12.4. The van der Waals surface area contributed by atoms with Gasteiger partial charge in [0.15, 0.2) is 11.5 Å². The SMILES string of the molecule is COc1ccc(CCNC(=O)CN(c2cc(Cl)ccc2OC)S(C)(=O)=O)cc1OC. The molecule has 0 saturated heterocycles. The Morgan fingerprint density at radius 2 is 1.63 bits per heavy atom. The molecule has 0 aliphatic heterocycles. The summed E-state index contributed by atoms with van der Waals surface area (Å²) >= 11 is 6.01. The van der Waals surface area contributed by atoms with Crippen LogP contribution in [0.4, 0.5) is 5.69 Å². The molecule has 1 amide bonds. The molecule has 0 aromatic heterocycles. The lowest BCUT2D eigenvalue weighted by atomic mass is 10.1. The zero-order valence-electron chi connectivity index (χ0n) is 17.3. The van der Waals surface area contributed by atoms with Gasteiger partial charge in [-0.3, -0.25) is 9.10 Å². The topological polar surface area (TPSA) is 94.2 Å². The van der Waals surface area contributed by atoms with Crippen molar-refractivity contribution < 1.29 is 27.4 Å². The summed E-state index contributed by atoms with van der Waals surface area (Å²) in [6, 6.07) is 10.0. The van der Waals surface area contributed by atoms with Crippen LogP contribution in [0.2, 0.25) is 5.02 Å². The van der Waals surface area contributed by atoms with Gasteiger partial charge in [-0.15, -0.1) is 0 Å². The predicted molar refractivity (Wildman–Crippen MR) is 116 cm³/mol. The van der Waals surface area contributed by atoms with Crippen molar-refractivity contribution in [2.75, 3.05) is 45.0 Å². The average Bonchev–Trinajstić information content (AvgIpc) is 2.71. The van der Waals surface area contributed by atoms with Gasteiger partial charge in [0.2, 0.25) is 15.9 Å². The zero-order valence-corrected chi connectivity index (χ0v) is 18.8. The number of sulfonamides is 1. The first-order valence-electron chi connectivity index (χ1n) is 8.98. The van der Waals surface area contributed by atoms with Crippen molar-refractivity contribution in [3.63, 3.8) is 0 Å². The second-order valence-electron chi connectivity index (χ2n) is 6.38. The van der Waals surface area contributed by atoms with Crippen molar-refractivity contribution in [1.82, 2.24) is 5.32 Å². The Balaban J connectivity index is 2.07. The third kappa shape index (κ3) is 6.17. The standard InChI is InChI=1S/C20H25ClN2O6S/c1-27-17-8-6-15(21)12-16(17)23(30(4,25)26)13-20(24)22-10-9-14-5-7-18(28-2)19(11-14)29-3/h5-8,11-12H,9-10,13H2,1-4H3,(H,22,24). The molecule has 8 nitrogen and oxygen atoms in total. The van der Waals surface area contributed by atoms with Crippen molar-refractivity contribution >= 4 is 33.2 Å². The number of anilines is 1. The number of nitrogens with one attached hydrogen (secondary N) is 1. The van der Waals surface area contributed by atoms with Crippen molar-refractivity contribution in [2.24, 2.45) is 0 Å². The smallest absolute Gasteiger partial charge is 0.240 e. The summed E-state index contributed by atoms with van der Waals surface area (Å²) < 4.78 is 41.2. The molecule has 2 rings (SSSR count). The minimum atomic E-state index is -3.75. The minimum absolute atomic E-state index is 0.197. The van der Waals surface area contributed by atoms with Crippen LogP contribution >= 0.6 is 11.6 Å². The van der Waals surface area contributed by atoms with Gasteiger partial charge in [0.1, 0.15) is 12.3 Å². The second kappa shape index (κ2) is 10.4. The Bertz CT molecular complexity index is 997. The molecule has 0 radical (unpaired) electrons. The van der Waals surface area contributed by atoms with Gasteiger partial charge in [0.05, 0.1) is 33.3 Å². The molecular weight excluding hydrogens is 432 g/mol. The lowest BCUT2D eigenvalue weighted by Gasteiger charge is -2.24. The Kier molecular flexibility index (Phi) is 8.19. The molecular formula is C20H25ClN2O6S. The molecule has 1 N–H and O–H groups in total. The molecule has 0 atom stereocenters. The van der Waals surface area contributed by atoms with E-state index in [1.54, 1.807) is 32.4 Å². The van der Waals surface area contributed by atoms with E-state index in [2.05, 4.69) is 5.32 Å². The number of rotatable bonds is 10. The molecule has 0 spiro atoms. The van der Waals surface area contributed by atoms with Gasteiger partial charge >= 0.3 is 0 Å². The average molecular weight is 457 g/mol. The van der Waals surface area contributed by atoms with Crippen LogP contribution in [0.3, 0.4) is 0 Å². The molecule has 2 aromatic rings. The van der Waals surface area contributed by atoms with Gasteiger partial charge in [-0.25, -0.2) is 8.42 Å². The van der Waals surface area contributed by atoms with E-state index < -0.39 is 22.5 Å². The summed E-state index contributed by atoms with van der Waals surface area (Å²) in [7, 11) is 0.765. The Labute approximate surface area is 181 Å². The third-order valence-corrected chi connectivity index (χ3v) is 5.64. The molecule has 10 heteroatoms. The first-order valence-corrected chi connectivity index (χ1v) is 11.2. The molecule has 0 aliphatic carbocycles. The maximum Gasteiger partial charge on any atom is 0.240 e. The van der Waals surface area contributed by atoms with Crippen LogP contribution in [0, 0.1) is 0 Å². The van der Waals surface area contributed by atoms with Crippen molar-refractivity contribution in [1.29, 1.82) is 0 Å². The number of halogens is 1. The number of methoxy groups -OCH3 is 3.